The number of hydrogen-bond acceptors (Lipinski definition) is 7. The zero-order valence-electron chi connectivity index (χ0n) is 24.6. The van der Waals surface area contributed by atoms with Crippen LogP contribution < -0.4 is 15.5 Å². The van der Waals surface area contributed by atoms with Crippen LogP contribution in [0, 0.1) is 12.8 Å². The fourth-order valence-corrected chi connectivity index (χ4v) is 4.19. The summed E-state index contributed by atoms with van der Waals surface area (Å²) in [4.78, 5) is 39.9. The molecule has 0 aliphatic heterocycles. The Balaban J connectivity index is 1.94. The third kappa shape index (κ3) is 8.82. The number of amides is 2. The lowest BCUT2D eigenvalue weighted by Crippen LogP contribution is -2.29. The second kappa shape index (κ2) is 12.7. The molecular weight excluding hydrogens is 553 g/mol. The molecule has 0 atom stereocenters. The van der Waals surface area contributed by atoms with Gasteiger partial charge < -0.3 is 19.5 Å². The van der Waals surface area contributed by atoms with Crippen LogP contribution in [0.2, 0.25) is 0 Å². The molecule has 0 bridgehead atoms. The van der Waals surface area contributed by atoms with Crippen molar-refractivity contribution in [2.45, 2.75) is 59.7 Å². The van der Waals surface area contributed by atoms with Gasteiger partial charge in [0, 0.05) is 30.8 Å². The Bertz CT molecular complexity index is 1460. The van der Waals surface area contributed by atoms with Crippen molar-refractivity contribution in [1.82, 2.24) is 5.16 Å². The molecule has 42 heavy (non-hydrogen) atoms. The summed E-state index contributed by atoms with van der Waals surface area (Å²) < 4.78 is 53.0. The number of benzene rings is 2. The van der Waals surface area contributed by atoms with Crippen LogP contribution in [0.5, 0.6) is 0 Å². The zero-order valence-corrected chi connectivity index (χ0v) is 24.6. The lowest BCUT2D eigenvalue weighted by atomic mass is 10.0. The minimum Gasteiger partial charge on any atom is -0.444 e. The SMILES string of the molecule is Cc1cc(-c2cccc(C(=O)CC(=O)Nc3cc(C(F)(F)F)c(N(C)CC(C)C)cc3NC(=O)OC(C)(C)C)c2)on1. The molecule has 0 fully saturated rings. The topological polar surface area (TPSA) is 114 Å². The van der Waals surface area contributed by atoms with Gasteiger partial charge in [-0.15, -0.1) is 0 Å². The van der Waals surface area contributed by atoms with E-state index in [1.54, 1.807) is 45.9 Å². The van der Waals surface area contributed by atoms with Crippen LogP contribution in [-0.2, 0) is 15.7 Å². The van der Waals surface area contributed by atoms with Gasteiger partial charge in [0.15, 0.2) is 11.5 Å². The summed E-state index contributed by atoms with van der Waals surface area (Å²) in [6.45, 7) is 10.7. The fraction of sp³-hybridized carbons (Fsp3) is 0.400. The molecule has 226 valence electrons. The van der Waals surface area contributed by atoms with E-state index in [-0.39, 0.29) is 28.5 Å². The number of halogens is 3. The predicted octanol–water partition coefficient (Wildman–Crippen LogP) is 7.32. The van der Waals surface area contributed by atoms with Gasteiger partial charge in [-0.3, -0.25) is 14.9 Å². The monoisotopic (exact) mass is 588 g/mol. The number of aromatic nitrogens is 1. The number of hydrogen-bond donors (Lipinski definition) is 2. The Labute approximate surface area is 242 Å². The van der Waals surface area contributed by atoms with Crippen molar-refractivity contribution in [3.8, 4) is 11.3 Å². The maximum absolute atomic E-state index is 14.2. The van der Waals surface area contributed by atoms with Crippen LogP contribution >= 0.6 is 0 Å². The van der Waals surface area contributed by atoms with E-state index in [4.69, 9.17) is 9.26 Å². The highest BCUT2D eigenvalue weighted by Gasteiger charge is 2.36. The number of nitrogens with zero attached hydrogens (tertiary/aromatic N) is 2. The summed E-state index contributed by atoms with van der Waals surface area (Å²) in [6, 6.07) is 9.94. The minimum absolute atomic E-state index is 0.0373. The van der Waals surface area contributed by atoms with Crippen LogP contribution in [0.25, 0.3) is 11.3 Å². The molecule has 0 unspecified atom stereocenters. The normalized spacial score (nSPS) is 11.8. The second-order valence-corrected chi connectivity index (χ2v) is 11.4. The average molecular weight is 589 g/mol. The molecule has 2 amide bonds. The van der Waals surface area contributed by atoms with Gasteiger partial charge >= 0.3 is 12.3 Å². The summed E-state index contributed by atoms with van der Waals surface area (Å²) in [5.74, 6) is -0.969. The minimum atomic E-state index is -4.78. The first-order valence-electron chi connectivity index (χ1n) is 13.3. The number of carbonyl (C=O) groups excluding carboxylic acids is 3. The van der Waals surface area contributed by atoms with Gasteiger partial charge in [0.1, 0.15) is 5.60 Å². The first-order chi connectivity index (χ1) is 19.4. The fourth-order valence-electron chi connectivity index (χ4n) is 4.19. The maximum Gasteiger partial charge on any atom is 0.418 e. The van der Waals surface area contributed by atoms with Crippen molar-refractivity contribution in [1.29, 1.82) is 0 Å². The molecule has 0 spiro atoms. The van der Waals surface area contributed by atoms with Gasteiger partial charge in [-0.25, -0.2) is 4.79 Å². The van der Waals surface area contributed by atoms with Crippen LogP contribution in [0.15, 0.2) is 47.0 Å². The van der Waals surface area contributed by atoms with Crippen LogP contribution in [0.3, 0.4) is 0 Å². The smallest absolute Gasteiger partial charge is 0.418 e. The summed E-state index contributed by atoms with van der Waals surface area (Å²) in [5, 5.41) is 8.63. The van der Waals surface area contributed by atoms with Crippen molar-refractivity contribution >= 4 is 34.8 Å². The number of Topliss-reactive ketones (excluding diaryl/α,β-unsaturated/α-hetero) is 1. The van der Waals surface area contributed by atoms with E-state index in [2.05, 4.69) is 15.8 Å². The van der Waals surface area contributed by atoms with Gasteiger partial charge in [-0.1, -0.05) is 37.2 Å². The predicted molar refractivity (Wildman–Crippen MR) is 154 cm³/mol. The average Bonchev–Trinajstić information content (AvgIpc) is 3.28. The third-order valence-electron chi connectivity index (χ3n) is 5.82. The van der Waals surface area contributed by atoms with Crippen LogP contribution in [0.1, 0.15) is 62.7 Å². The third-order valence-corrected chi connectivity index (χ3v) is 5.82. The Kier molecular flexibility index (Phi) is 9.70. The Morgan fingerprint density at radius 2 is 1.69 bits per heavy atom. The van der Waals surface area contributed by atoms with E-state index in [0.29, 0.717) is 23.6 Å². The van der Waals surface area contributed by atoms with Gasteiger partial charge in [-0.2, -0.15) is 13.2 Å². The van der Waals surface area contributed by atoms with E-state index in [1.165, 1.54) is 24.1 Å². The van der Waals surface area contributed by atoms with E-state index in [0.717, 1.165) is 12.1 Å². The van der Waals surface area contributed by atoms with Gasteiger partial charge in [0.05, 0.1) is 34.7 Å². The maximum atomic E-state index is 14.2. The highest BCUT2D eigenvalue weighted by Crippen LogP contribution is 2.41. The van der Waals surface area contributed by atoms with Gasteiger partial charge in [0.25, 0.3) is 0 Å². The number of aryl methyl sites for hydroxylation is 1. The van der Waals surface area contributed by atoms with E-state index < -0.39 is 41.5 Å². The molecule has 2 N–H and O–H groups in total. The van der Waals surface area contributed by atoms with Crippen LogP contribution in [-0.4, -0.2) is 42.1 Å². The van der Waals surface area contributed by atoms with Crippen LogP contribution in [0.4, 0.5) is 35.0 Å². The molecular formula is C30H35F3N4O5. The first kappa shape index (κ1) is 32.2. The quantitative estimate of drug-likeness (QED) is 0.199. The Morgan fingerprint density at radius 1 is 1.02 bits per heavy atom. The summed E-state index contributed by atoms with van der Waals surface area (Å²) >= 11 is 0. The van der Waals surface area contributed by atoms with Crippen molar-refractivity contribution in [2.24, 2.45) is 5.92 Å². The van der Waals surface area contributed by atoms with Crippen molar-refractivity contribution < 1.29 is 36.8 Å². The lowest BCUT2D eigenvalue weighted by Gasteiger charge is -2.27. The Hall–Kier alpha value is -4.35. The zero-order chi connectivity index (χ0) is 31.4. The largest absolute Gasteiger partial charge is 0.444 e. The Morgan fingerprint density at radius 3 is 2.26 bits per heavy atom. The molecule has 2 aromatic carbocycles. The molecule has 9 nitrogen and oxygen atoms in total. The molecule has 1 heterocycles. The van der Waals surface area contributed by atoms with Gasteiger partial charge in [0.2, 0.25) is 5.91 Å². The molecule has 1 aromatic heterocycles. The molecule has 12 heteroatoms. The molecule has 0 saturated heterocycles. The van der Waals surface area contributed by atoms with Crippen molar-refractivity contribution in [2.75, 3.05) is 29.1 Å². The molecule has 0 aliphatic rings. The highest BCUT2D eigenvalue weighted by atomic mass is 19.4. The number of nitrogens with one attached hydrogen (secondary N) is 2. The number of alkyl halides is 3. The number of ketones is 1. The standard InChI is InChI=1S/C30H35F3N4O5/c1-17(2)16-37(7)24-14-23(35-28(40)41-29(4,5)6)22(13-21(24)30(31,32)33)34-27(39)15-25(38)19-9-8-10-20(12-19)26-11-18(3)36-42-26/h8-14,17H,15-16H2,1-7H3,(H,34,39)(H,35,40). The van der Waals surface area contributed by atoms with E-state index >= 15 is 0 Å². The van der Waals surface area contributed by atoms with Gasteiger partial charge in [-0.05, 0) is 51.8 Å². The molecule has 0 saturated carbocycles. The number of rotatable bonds is 9. The summed E-state index contributed by atoms with van der Waals surface area (Å²) in [7, 11) is 1.51. The van der Waals surface area contributed by atoms with Crippen molar-refractivity contribution in [3.05, 3.63) is 59.3 Å². The number of anilines is 3. The number of ether oxygens (including phenoxy) is 1. The summed E-state index contributed by atoms with van der Waals surface area (Å²) in [5.41, 5.74) is -1.14. The molecule has 3 rings (SSSR count). The molecule has 0 aliphatic carbocycles. The summed E-state index contributed by atoms with van der Waals surface area (Å²) in [6.07, 6.45) is -6.37. The molecule has 0 radical (unpaired) electrons. The van der Waals surface area contributed by atoms with Crippen molar-refractivity contribution in [3.63, 3.8) is 0 Å². The van der Waals surface area contributed by atoms with E-state index in [1.807, 2.05) is 13.8 Å². The molecule has 3 aromatic rings. The highest BCUT2D eigenvalue weighted by molar-refractivity contribution is 6.12. The first-order valence-corrected chi connectivity index (χ1v) is 13.3. The second-order valence-electron chi connectivity index (χ2n) is 11.4. The van der Waals surface area contributed by atoms with E-state index in [9.17, 15) is 27.6 Å². The number of carbonyl (C=O) groups is 3. The lowest BCUT2D eigenvalue weighted by molar-refractivity contribution is -0.137.